The molecule has 0 aliphatic heterocycles. The van der Waals surface area contributed by atoms with E-state index in [1.807, 2.05) is 7.05 Å². The lowest BCUT2D eigenvalue weighted by Crippen LogP contribution is -2.21. The van der Waals surface area contributed by atoms with Crippen molar-refractivity contribution in [2.75, 3.05) is 27.3 Å². The number of benzene rings is 1. The highest BCUT2D eigenvalue weighted by Gasteiger charge is 2.09. The molecule has 0 saturated carbocycles. The smallest absolute Gasteiger partial charge is 0.0462 e. The summed E-state index contributed by atoms with van der Waals surface area (Å²) in [5.41, 5.74) is 1.40. The van der Waals surface area contributed by atoms with Crippen LogP contribution in [0.15, 0.2) is 28.7 Å². The summed E-state index contributed by atoms with van der Waals surface area (Å²) >= 11 is 3.52. The molecule has 1 rings (SSSR count). The van der Waals surface area contributed by atoms with Gasteiger partial charge < -0.3 is 10.1 Å². The van der Waals surface area contributed by atoms with Crippen LogP contribution < -0.4 is 5.32 Å². The zero-order valence-electron chi connectivity index (χ0n) is 10.7. The molecule has 0 spiro atoms. The topological polar surface area (TPSA) is 21.3 Å². The molecule has 0 aromatic heterocycles. The summed E-state index contributed by atoms with van der Waals surface area (Å²) in [5, 5.41) is 3.28. The van der Waals surface area contributed by atoms with Crippen molar-refractivity contribution < 1.29 is 4.74 Å². The quantitative estimate of drug-likeness (QED) is 0.744. The molecule has 0 amide bonds. The van der Waals surface area contributed by atoms with E-state index in [1.54, 1.807) is 7.11 Å². The summed E-state index contributed by atoms with van der Waals surface area (Å²) in [6.45, 7) is 1.93. The van der Waals surface area contributed by atoms with Gasteiger partial charge in [-0.15, -0.1) is 0 Å². The van der Waals surface area contributed by atoms with E-state index in [1.165, 1.54) is 12.0 Å². The van der Waals surface area contributed by atoms with E-state index in [0.717, 1.165) is 30.5 Å². The molecule has 0 fully saturated rings. The predicted molar refractivity (Wildman–Crippen MR) is 76.4 cm³/mol. The second kappa shape index (κ2) is 8.67. The van der Waals surface area contributed by atoms with E-state index in [9.17, 15) is 0 Å². The normalized spacial score (nSPS) is 12.6. The van der Waals surface area contributed by atoms with Gasteiger partial charge in [-0.2, -0.15) is 0 Å². The number of hydrogen-bond acceptors (Lipinski definition) is 2. The van der Waals surface area contributed by atoms with Crippen LogP contribution in [-0.2, 0) is 11.2 Å². The zero-order chi connectivity index (χ0) is 12.5. The van der Waals surface area contributed by atoms with Gasteiger partial charge in [0.25, 0.3) is 0 Å². The lowest BCUT2D eigenvalue weighted by Gasteiger charge is -2.16. The van der Waals surface area contributed by atoms with Gasteiger partial charge in [0.2, 0.25) is 0 Å². The van der Waals surface area contributed by atoms with Crippen molar-refractivity contribution in [2.45, 2.75) is 19.3 Å². The molecule has 1 aromatic rings. The van der Waals surface area contributed by atoms with Crippen LogP contribution in [0, 0.1) is 5.92 Å². The molecule has 1 N–H and O–H groups in total. The summed E-state index contributed by atoms with van der Waals surface area (Å²) in [6, 6.07) is 8.58. The second-order valence-corrected chi connectivity index (χ2v) is 5.31. The Balaban J connectivity index is 2.47. The Bertz CT molecular complexity index is 317. The lowest BCUT2D eigenvalue weighted by molar-refractivity contribution is 0.186. The van der Waals surface area contributed by atoms with Gasteiger partial charge in [-0.1, -0.05) is 28.1 Å². The van der Waals surface area contributed by atoms with Crippen LogP contribution in [0.4, 0.5) is 0 Å². The third-order valence-corrected chi connectivity index (χ3v) is 3.36. The number of rotatable bonds is 8. The SMILES string of the molecule is CNCC(CCCOC)Cc1cccc(Br)c1. The number of halogens is 1. The minimum Gasteiger partial charge on any atom is -0.385 e. The number of methoxy groups -OCH3 is 1. The van der Waals surface area contributed by atoms with Crippen LogP contribution in [-0.4, -0.2) is 27.3 Å². The molecule has 0 aliphatic rings. The molecule has 0 aliphatic carbocycles. The zero-order valence-corrected chi connectivity index (χ0v) is 12.3. The van der Waals surface area contributed by atoms with Crippen LogP contribution in [0.2, 0.25) is 0 Å². The van der Waals surface area contributed by atoms with Gasteiger partial charge in [-0.25, -0.2) is 0 Å². The molecule has 1 atom stereocenters. The fraction of sp³-hybridized carbons (Fsp3) is 0.571. The van der Waals surface area contributed by atoms with Gasteiger partial charge in [0.05, 0.1) is 0 Å². The Labute approximate surface area is 113 Å². The van der Waals surface area contributed by atoms with Crippen LogP contribution >= 0.6 is 15.9 Å². The van der Waals surface area contributed by atoms with Gasteiger partial charge in [-0.05, 0) is 56.5 Å². The number of ether oxygens (including phenoxy) is 1. The Morgan fingerprint density at radius 3 is 2.88 bits per heavy atom. The van der Waals surface area contributed by atoms with Crippen LogP contribution in [0.5, 0.6) is 0 Å². The third-order valence-electron chi connectivity index (χ3n) is 2.87. The Morgan fingerprint density at radius 2 is 2.24 bits per heavy atom. The molecule has 96 valence electrons. The van der Waals surface area contributed by atoms with E-state index in [2.05, 4.69) is 45.5 Å². The molecular weight excluding hydrogens is 278 g/mol. The van der Waals surface area contributed by atoms with Gasteiger partial charge in [0.1, 0.15) is 0 Å². The maximum absolute atomic E-state index is 5.11. The molecule has 0 radical (unpaired) electrons. The van der Waals surface area contributed by atoms with E-state index in [-0.39, 0.29) is 0 Å². The minimum atomic E-state index is 0.685. The number of nitrogens with one attached hydrogen (secondary N) is 1. The van der Waals surface area contributed by atoms with Gasteiger partial charge in [-0.3, -0.25) is 0 Å². The molecule has 17 heavy (non-hydrogen) atoms. The van der Waals surface area contributed by atoms with Crippen molar-refractivity contribution in [2.24, 2.45) is 5.92 Å². The van der Waals surface area contributed by atoms with Gasteiger partial charge in [0, 0.05) is 18.2 Å². The van der Waals surface area contributed by atoms with Crippen molar-refractivity contribution in [3.05, 3.63) is 34.3 Å². The molecule has 0 saturated heterocycles. The van der Waals surface area contributed by atoms with E-state index in [4.69, 9.17) is 4.74 Å². The van der Waals surface area contributed by atoms with Crippen molar-refractivity contribution in [3.63, 3.8) is 0 Å². The third kappa shape index (κ3) is 6.20. The Morgan fingerprint density at radius 1 is 1.41 bits per heavy atom. The van der Waals surface area contributed by atoms with Crippen LogP contribution in [0.3, 0.4) is 0 Å². The fourth-order valence-electron chi connectivity index (χ4n) is 2.08. The summed E-state index contributed by atoms with van der Waals surface area (Å²) in [4.78, 5) is 0. The van der Waals surface area contributed by atoms with E-state index < -0.39 is 0 Å². The highest BCUT2D eigenvalue weighted by atomic mass is 79.9. The van der Waals surface area contributed by atoms with E-state index in [0.29, 0.717) is 5.92 Å². The van der Waals surface area contributed by atoms with Crippen molar-refractivity contribution >= 4 is 15.9 Å². The summed E-state index contributed by atoms with van der Waals surface area (Å²) in [5.74, 6) is 0.685. The first-order valence-electron chi connectivity index (χ1n) is 6.14. The number of hydrogen-bond donors (Lipinski definition) is 1. The molecule has 0 heterocycles. The average molecular weight is 300 g/mol. The maximum atomic E-state index is 5.11. The highest BCUT2D eigenvalue weighted by Crippen LogP contribution is 2.17. The monoisotopic (exact) mass is 299 g/mol. The van der Waals surface area contributed by atoms with Crippen molar-refractivity contribution in [1.29, 1.82) is 0 Å². The Kier molecular flexibility index (Phi) is 7.49. The maximum Gasteiger partial charge on any atom is 0.0462 e. The molecule has 0 bridgehead atoms. The first-order valence-corrected chi connectivity index (χ1v) is 6.93. The molecule has 1 unspecified atom stereocenters. The molecule has 1 aromatic carbocycles. The summed E-state index contributed by atoms with van der Waals surface area (Å²) < 4.78 is 6.27. The van der Waals surface area contributed by atoms with Crippen molar-refractivity contribution in [1.82, 2.24) is 5.32 Å². The van der Waals surface area contributed by atoms with Crippen molar-refractivity contribution in [3.8, 4) is 0 Å². The molecular formula is C14H22BrNO. The summed E-state index contributed by atoms with van der Waals surface area (Å²) in [7, 11) is 3.78. The van der Waals surface area contributed by atoms with E-state index >= 15 is 0 Å². The van der Waals surface area contributed by atoms with Gasteiger partial charge in [0.15, 0.2) is 0 Å². The fourth-order valence-corrected chi connectivity index (χ4v) is 2.53. The van der Waals surface area contributed by atoms with Crippen LogP contribution in [0.1, 0.15) is 18.4 Å². The molecule has 3 heteroatoms. The predicted octanol–water partition coefficient (Wildman–Crippen LogP) is 3.25. The molecule has 2 nitrogen and oxygen atoms in total. The van der Waals surface area contributed by atoms with Gasteiger partial charge >= 0.3 is 0 Å². The first-order chi connectivity index (χ1) is 8.26. The minimum absolute atomic E-state index is 0.685. The second-order valence-electron chi connectivity index (χ2n) is 4.39. The lowest BCUT2D eigenvalue weighted by atomic mass is 9.95. The Hall–Kier alpha value is -0.380. The average Bonchev–Trinajstić information content (AvgIpc) is 2.29. The largest absolute Gasteiger partial charge is 0.385 e. The standard InChI is InChI=1S/C14H22BrNO/c1-16-11-13(6-4-8-17-2)9-12-5-3-7-14(15)10-12/h3,5,7,10,13,16H,4,6,8-9,11H2,1-2H3. The first kappa shape index (κ1) is 14.7. The summed E-state index contributed by atoms with van der Waals surface area (Å²) in [6.07, 6.45) is 3.47. The van der Waals surface area contributed by atoms with Crippen LogP contribution in [0.25, 0.3) is 0 Å². The highest BCUT2D eigenvalue weighted by molar-refractivity contribution is 9.10.